The molecule has 2 heterocycles. The molecule has 0 bridgehead atoms. The number of carbonyl (C=O) groups is 1. The Bertz CT molecular complexity index is 663. The van der Waals surface area contributed by atoms with Gasteiger partial charge in [0.1, 0.15) is 0 Å². The molecule has 21 heavy (non-hydrogen) atoms. The number of carboxylic acids is 1. The van der Waals surface area contributed by atoms with Crippen LogP contribution in [-0.4, -0.2) is 63.5 Å². The van der Waals surface area contributed by atoms with Gasteiger partial charge in [0.25, 0.3) is 0 Å². The Morgan fingerprint density at radius 3 is 2.90 bits per heavy atom. The maximum absolute atomic E-state index is 12.1. The number of methoxy groups -OCH3 is 1. The van der Waals surface area contributed by atoms with Gasteiger partial charge < -0.3 is 9.84 Å². The molecule has 0 aliphatic heterocycles. The average molecular weight is 294 g/mol. The van der Waals surface area contributed by atoms with E-state index in [1.807, 2.05) is 0 Å². The lowest BCUT2D eigenvalue weighted by atomic mass is 10.4. The highest BCUT2D eigenvalue weighted by molar-refractivity contribution is 5.69. The van der Waals surface area contributed by atoms with Crippen molar-refractivity contribution in [3.63, 3.8) is 0 Å². The van der Waals surface area contributed by atoms with E-state index in [1.54, 1.807) is 36.4 Å². The fourth-order valence-corrected chi connectivity index (χ4v) is 2.03. The molecule has 0 unspecified atom stereocenters. The highest BCUT2D eigenvalue weighted by Gasteiger charge is 2.11. The first-order valence-electron chi connectivity index (χ1n) is 6.59. The Kier molecular flexibility index (Phi) is 5.07. The first-order valence-corrected chi connectivity index (χ1v) is 6.59. The van der Waals surface area contributed by atoms with Gasteiger partial charge >= 0.3 is 11.7 Å². The molecule has 0 spiro atoms. The standard InChI is InChI=1S/C13H18N4O4/c1-21-9-8-15(10-12(18)19)6-7-17-13(20)16-5-3-2-4-11(16)14-17/h2-5H,6-10H2,1H3,(H,18,19). The van der Waals surface area contributed by atoms with Crippen molar-refractivity contribution in [2.45, 2.75) is 6.54 Å². The average Bonchev–Trinajstić information content (AvgIpc) is 2.78. The summed E-state index contributed by atoms with van der Waals surface area (Å²) in [6.45, 7) is 1.58. The minimum absolute atomic E-state index is 0.0918. The summed E-state index contributed by atoms with van der Waals surface area (Å²) in [5, 5.41) is 13.1. The molecule has 0 atom stereocenters. The van der Waals surface area contributed by atoms with Crippen molar-refractivity contribution in [1.29, 1.82) is 0 Å². The highest BCUT2D eigenvalue weighted by Crippen LogP contribution is 1.96. The monoisotopic (exact) mass is 294 g/mol. The number of nitrogens with zero attached hydrogens (tertiary/aromatic N) is 4. The lowest BCUT2D eigenvalue weighted by molar-refractivity contribution is -0.138. The van der Waals surface area contributed by atoms with E-state index in [9.17, 15) is 9.59 Å². The highest BCUT2D eigenvalue weighted by atomic mass is 16.5. The molecule has 0 saturated heterocycles. The second-order valence-corrected chi connectivity index (χ2v) is 4.60. The lowest BCUT2D eigenvalue weighted by Crippen LogP contribution is -2.37. The van der Waals surface area contributed by atoms with Gasteiger partial charge in [0.15, 0.2) is 5.65 Å². The van der Waals surface area contributed by atoms with E-state index >= 15 is 0 Å². The van der Waals surface area contributed by atoms with E-state index in [4.69, 9.17) is 9.84 Å². The molecule has 1 N–H and O–H groups in total. The van der Waals surface area contributed by atoms with Gasteiger partial charge in [-0.05, 0) is 12.1 Å². The first-order chi connectivity index (χ1) is 10.1. The van der Waals surface area contributed by atoms with Crippen LogP contribution < -0.4 is 5.69 Å². The van der Waals surface area contributed by atoms with Crippen molar-refractivity contribution in [3.05, 3.63) is 34.9 Å². The van der Waals surface area contributed by atoms with E-state index in [0.29, 0.717) is 31.9 Å². The van der Waals surface area contributed by atoms with Crippen LogP contribution in [0.4, 0.5) is 0 Å². The zero-order valence-electron chi connectivity index (χ0n) is 11.8. The summed E-state index contributed by atoms with van der Waals surface area (Å²) in [4.78, 5) is 24.6. The number of rotatable bonds is 8. The summed E-state index contributed by atoms with van der Waals surface area (Å²) in [5.74, 6) is -0.909. The Morgan fingerprint density at radius 1 is 1.43 bits per heavy atom. The number of hydrogen-bond donors (Lipinski definition) is 1. The first kappa shape index (κ1) is 15.2. The van der Waals surface area contributed by atoms with Gasteiger partial charge in [-0.1, -0.05) is 6.07 Å². The van der Waals surface area contributed by atoms with Crippen LogP contribution in [0.1, 0.15) is 0 Å². The second-order valence-electron chi connectivity index (χ2n) is 4.60. The van der Waals surface area contributed by atoms with E-state index in [1.165, 1.54) is 9.08 Å². The van der Waals surface area contributed by atoms with Crippen LogP contribution in [0.25, 0.3) is 5.65 Å². The summed E-state index contributed by atoms with van der Waals surface area (Å²) < 4.78 is 7.75. The summed E-state index contributed by atoms with van der Waals surface area (Å²) in [6, 6.07) is 5.31. The molecule has 2 aromatic rings. The third-order valence-electron chi connectivity index (χ3n) is 3.09. The molecule has 0 saturated carbocycles. The minimum Gasteiger partial charge on any atom is -0.480 e. The fraction of sp³-hybridized carbons (Fsp3) is 0.462. The summed E-state index contributed by atoms with van der Waals surface area (Å²) in [7, 11) is 1.56. The van der Waals surface area contributed by atoms with Gasteiger partial charge in [0.2, 0.25) is 0 Å². The zero-order chi connectivity index (χ0) is 15.2. The van der Waals surface area contributed by atoms with Crippen LogP contribution in [0, 0.1) is 0 Å². The van der Waals surface area contributed by atoms with Crippen LogP contribution in [0.15, 0.2) is 29.2 Å². The van der Waals surface area contributed by atoms with Crippen molar-refractivity contribution >= 4 is 11.6 Å². The quantitative estimate of drug-likeness (QED) is 0.708. The van der Waals surface area contributed by atoms with Crippen LogP contribution in [0.2, 0.25) is 0 Å². The van der Waals surface area contributed by atoms with Gasteiger partial charge in [0, 0.05) is 26.4 Å². The van der Waals surface area contributed by atoms with Gasteiger partial charge in [0.05, 0.1) is 19.7 Å². The Hall–Kier alpha value is -2.19. The van der Waals surface area contributed by atoms with Gasteiger partial charge in [-0.3, -0.25) is 14.1 Å². The molecule has 0 aliphatic rings. The zero-order valence-corrected chi connectivity index (χ0v) is 11.8. The molecule has 2 aromatic heterocycles. The van der Waals surface area contributed by atoms with Crippen LogP contribution >= 0.6 is 0 Å². The van der Waals surface area contributed by atoms with E-state index in [-0.39, 0.29) is 12.2 Å². The van der Waals surface area contributed by atoms with Gasteiger partial charge in [-0.25, -0.2) is 9.48 Å². The summed E-state index contributed by atoms with van der Waals surface area (Å²) in [5.41, 5.74) is 0.344. The smallest absolute Gasteiger partial charge is 0.350 e. The predicted octanol–water partition coefficient (Wildman–Crippen LogP) is -0.471. The van der Waals surface area contributed by atoms with Gasteiger partial charge in [-0.15, -0.1) is 5.10 Å². The molecular formula is C13H18N4O4. The summed E-state index contributed by atoms with van der Waals surface area (Å²) in [6.07, 6.45) is 1.65. The molecule has 8 heteroatoms. The van der Waals surface area contributed by atoms with Crippen molar-refractivity contribution in [1.82, 2.24) is 19.1 Å². The number of aromatic nitrogens is 3. The number of ether oxygens (including phenoxy) is 1. The maximum atomic E-state index is 12.1. The number of hydrogen-bond acceptors (Lipinski definition) is 5. The van der Waals surface area contributed by atoms with Crippen LogP contribution in [0.3, 0.4) is 0 Å². The van der Waals surface area contributed by atoms with E-state index < -0.39 is 5.97 Å². The topological polar surface area (TPSA) is 89.1 Å². The van der Waals surface area contributed by atoms with Crippen molar-refractivity contribution in [2.75, 3.05) is 33.4 Å². The molecular weight excluding hydrogens is 276 g/mol. The lowest BCUT2D eigenvalue weighted by Gasteiger charge is -2.19. The van der Waals surface area contributed by atoms with Crippen molar-refractivity contribution < 1.29 is 14.6 Å². The third kappa shape index (κ3) is 3.89. The Balaban J connectivity index is 2.06. The largest absolute Gasteiger partial charge is 0.480 e. The third-order valence-corrected chi connectivity index (χ3v) is 3.09. The van der Waals surface area contributed by atoms with Crippen molar-refractivity contribution in [3.8, 4) is 0 Å². The van der Waals surface area contributed by atoms with Crippen LogP contribution in [0.5, 0.6) is 0 Å². The normalized spacial score (nSPS) is 11.3. The molecule has 2 rings (SSSR count). The molecule has 0 aromatic carbocycles. The van der Waals surface area contributed by atoms with E-state index in [2.05, 4.69) is 5.10 Å². The Labute approximate surface area is 121 Å². The molecule has 0 radical (unpaired) electrons. The Morgan fingerprint density at radius 2 is 2.24 bits per heavy atom. The maximum Gasteiger partial charge on any atom is 0.350 e. The number of aliphatic carboxylic acids is 1. The minimum atomic E-state index is -0.909. The molecule has 8 nitrogen and oxygen atoms in total. The molecule has 0 aliphatic carbocycles. The SMILES string of the molecule is COCCN(CCn1nc2ccccn2c1=O)CC(=O)O. The fourth-order valence-electron chi connectivity index (χ4n) is 2.03. The molecule has 0 amide bonds. The predicted molar refractivity (Wildman–Crippen MR) is 75.4 cm³/mol. The molecule has 0 fully saturated rings. The number of pyridine rings is 1. The van der Waals surface area contributed by atoms with Gasteiger partial charge in [-0.2, -0.15) is 0 Å². The molecule has 114 valence electrons. The second kappa shape index (κ2) is 7.00. The number of fused-ring (bicyclic) bond motifs is 1. The van der Waals surface area contributed by atoms with Crippen molar-refractivity contribution in [2.24, 2.45) is 0 Å². The van der Waals surface area contributed by atoms with E-state index in [0.717, 1.165) is 0 Å². The number of carboxylic acid groups (broad SMARTS) is 1. The summed E-state index contributed by atoms with van der Waals surface area (Å²) >= 11 is 0. The van der Waals surface area contributed by atoms with Crippen LogP contribution in [-0.2, 0) is 16.1 Å².